The highest BCUT2D eigenvalue weighted by Crippen LogP contribution is 1.95. The van der Waals surface area contributed by atoms with Gasteiger partial charge in [0, 0.05) is 0 Å². The van der Waals surface area contributed by atoms with E-state index in [0.29, 0.717) is 26.6 Å². The van der Waals surface area contributed by atoms with Gasteiger partial charge in [-0.1, -0.05) is 0 Å². The molecule has 54 valence electrons. The van der Waals surface area contributed by atoms with Crippen molar-refractivity contribution in [3.05, 3.63) is 0 Å². The second-order valence-corrected chi connectivity index (χ2v) is 2.08. The van der Waals surface area contributed by atoms with Crippen LogP contribution in [-0.2, 0) is 14.2 Å². The first kappa shape index (κ1) is 6.99. The quantitative estimate of drug-likeness (QED) is 0.477. The molecular formula is C6H12O3. The molecule has 1 heterocycles. The van der Waals surface area contributed by atoms with E-state index in [9.17, 15) is 0 Å². The molecule has 3 heteroatoms. The average molecular weight is 132 g/mol. The fourth-order valence-electron chi connectivity index (χ4n) is 0.638. The minimum Gasteiger partial charge on any atom is -0.376 e. The Hall–Kier alpha value is -0.120. The van der Waals surface area contributed by atoms with Gasteiger partial charge >= 0.3 is 0 Å². The molecule has 0 spiro atoms. The first-order valence-corrected chi connectivity index (χ1v) is 3.16. The van der Waals surface area contributed by atoms with Crippen LogP contribution in [0.2, 0.25) is 0 Å². The molecule has 1 fully saturated rings. The highest BCUT2D eigenvalue weighted by atomic mass is 16.7. The summed E-state index contributed by atoms with van der Waals surface area (Å²) < 4.78 is 15.3. The highest BCUT2D eigenvalue weighted by molar-refractivity contribution is 4.46. The third-order valence-electron chi connectivity index (χ3n) is 1.16. The fourth-order valence-corrected chi connectivity index (χ4v) is 0.638. The van der Waals surface area contributed by atoms with Crippen molar-refractivity contribution in [2.24, 2.45) is 0 Å². The van der Waals surface area contributed by atoms with E-state index in [0.717, 1.165) is 0 Å². The molecule has 9 heavy (non-hydrogen) atoms. The molecule has 0 N–H and O–H groups in total. The SMILES string of the molecule is C[C@@H]1COCCOCO1. The van der Waals surface area contributed by atoms with Crippen molar-refractivity contribution < 1.29 is 14.2 Å². The number of ether oxygens (including phenoxy) is 3. The molecule has 0 aromatic heterocycles. The van der Waals surface area contributed by atoms with Gasteiger partial charge in [-0.3, -0.25) is 0 Å². The van der Waals surface area contributed by atoms with E-state index in [4.69, 9.17) is 14.2 Å². The van der Waals surface area contributed by atoms with Crippen molar-refractivity contribution in [2.45, 2.75) is 13.0 Å². The van der Waals surface area contributed by atoms with Gasteiger partial charge in [-0.15, -0.1) is 0 Å². The van der Waals surface area contributed by atoms with Crippen LogP contribution in [0.1, 0.15) is 6.92 Å². The van der Waals surface area contributed by atoms with Crippen LogP contribution in [-0.4, -0.2) is 32.7 Å². The number of hydrogen-bond acceptors (Lipinski definition) is 3. The van der Waals surface area contributed by atoms with Crippen LogP contribution in [0.5, 0.6) is 0 Å². The summed E-state index contributed by atoms with van der Waals surface area (Å²) in [6, 6.07) is 0. The van der Waals surface area contributed by atoms with E-state index in [-0.39, 0.29) is 6.10 Å². The van der Waals surface area contributed by atoms with Gasteiger partial charge in [0.1, 0.15) is 6.79 Å². The van der Waals surface area contributed by atoms with Gasteiger partial charge in [-0.2, -0.15) is 0 Å². The van der Waals surface area contributed by atoms with Crippen molar-refractivity contribution in [3.63, 3.8) is 0 Å². The second kappa shape index (κ2) is 3.82. The Morgan fingerprint density at radius 3 is 2.89 bits per heavy atom. The molecule has 1 saturated heterocycles. The summed E-state index contributed by atoms with van der Waals surface area (Å²) in [7, 11) is 0. The Morgan fingerprint density at radius 2 is 2.00 bits per heavy atom. The van der Waals surface area contributed by atoms with E-state index in [1.807, 2.05) is 6.92 Å². The van der Waals surface area contributed by atoms with Crippen LogP contribution >= 0.6 is 0 Å². The molecule has 0 saturated carbocycles. The van der Waals surface area contributed by atoms with Gasteiger partial charge in [-0.05, 0) is 6.92 Å². The van der Waals surface area contributed by atoms with Gasteiger partial charge in [0.2, 0.25) is 0 Å². The lowest BCUT2D eigenvalue weighted by Gasteiger charge is -2.16. The van der Waals surface area contributed by atoms with Crippen LogP contribution in [0.25, 0.3) is 0 Å². The zero-order chi connectivity index (χ0) is 6.53. The molecule has 1 aliphatic heterocycles. The van der Waals surface area contributed by atoms with Crippen LogP contribution in [0.3, 0.4) is 0 Å². The van der Waals surface area contributed by atoms with E-state index in [1.54, 1.807) is 0 Å². The van der Waals surface area contributed by atoms with Crippen LogP contribution < -0.4 is 0 Å². The molecule has 0 unspecified atom stereocenters. The Kier molecular flexibility index (Phi) is 2.97. The Bertz CT molecular complexity index is 66.7. The summed E-state index contributed by atoms with van der Waals surface area (Å²) in [5, 5.41) is 0. The van der Waals surface area contributed by atoms with E-state index in [1.165, 1.54) is 0 Å². The monoisotopic (exact) mass is 132 g/mol. The Labute approximate surface area is 54.9 Å². The predicted molar refractivity (Wildman–Crippen MR) is 32.2 cm³/mol. The molecule has 1 atom stereocenters. The largest absolute Gasteiger partial charge is 0.376 e. The summed E-state index contributed by atoms with van der Waals surface area (Å²) in [5.74, 6) is 0. The van der Waals surface area contributed by atoms with Crippen LogP contribution in [0.4, 0.5) is 0 Å². The fraction of sp³-hybridized carbons (Fsp3) is 1.00. The first-order chi connectivity index (χ1) is 4.39. The molecule has 0 radical (unpaired) electrons. The van der Waals surface area contributed by atoms with Gasteiger partial charge in [0.25, 0.3) is 0 Å². The zero-order valence-electron chi connectivity index (χ0n) is 5.63. The number of rotatable bonds is 0. The Morgan fingerprint density at radius 1 is 1.22 bits per heavy atom. The van der Waals surface area contributed by atoms with Crippen molar-refractivity contribution in [2.75, 3.05) is 26.6 Å². The van der Waals surface area contributed by atoms with Crippen molar-refractivity contribution in [3.8, 4) is 0 Å². The summed E-state index contributed by atoms with van der Waals surface area (Å²) in [6.45, 7) is 4.39. The summed E-state index contributed by atoms with van der Waals surface area (Å²) in [5.41, 5.74) is 0. The van der Waals surface area contributed by atoms with Crippen molar-refractivity contribution >= 4 is 0 Å². The molecule has 0 bridgehead atoms. The predicted octanol–water partition coefficient (Wildman–Crippen LogP) is 0.396. The number of hydrogen-bond donors (Lipinski definition) is 0. The average Bonchev–Trinajstić information content (AvgIpc) is 1.79. The molecule has 0 amide bonds. The molecule has 0 aromatic carbocycles. The van der Waals surface area contributed by atoms with Crippen molar-refractivity contribution in [1.29, 1.82) is 0 Å². The maximum atomic E-state index is 5.14. The van der Waals surface area contributed by atoms with Gasteiger partial charge in [-0.25, -0.2) is 0 Å². The lowest BCUT2D eigenvalue weighted by atomic mass is 10.4. The normalized spacial score (nSPS) is 31.0. The zero-order valence-corrected chi connectivity index (χ0v) is 5.63. The third kappa shape index (κ3) is 2.79. The second-order valence-electron chi connectivity index (χ2n) is 2.08. The maximum absolute atomic E-state index is 5.14. The van der Waals surface area contributed by atoms with E-state index >= 15 is 0 Å². The van der Waals surface area contributed by atoms with E-state index in [2.05, 4.69) is 0 Å². The van der Waals surface area contributed by atoms with Gasteiger partial charge in [0.15, 0.2) is 0 Å². The maximum Gasteiger partial charge on any atom is 0.147 e. The molecule has 0 aromatic rings. The molecule has 1 rings (SSSR count). The molecule has 1 aliphatic rings. The topological polar surface area (TPSA) is 27.7 Å². The smallest absolute Gasteiger partial charge is 0.147 e. The lowest BCUT2D eigenvalue weighted by Crippen LogP contribution is -2.23. The summed E-state index contributed by atoms with van der Waals surface area (Å²) in [6.07, 6.45) is 0.172. The van der Waals surface area contributed by atoms with Crippen LogP contribution in [0, 0.1) is 0 Å². The van der Waals surface area contributed by atoms with Gasteiger partial charge < -0.3 is 14.2 Å². The minimum atomic E-state index is 0.172. The molecule has 0 aliphatic carbocycles. The molecular weight excluding hydrogens is 120 g/mol. The Balaban J connectivity index is 2.12. The summed E-state index contributed by atoms with van der Waals surface area (Å²) >= 11 is 0. The molecule has 3 nitrogen and oxygen atoms in total. The highest BCUT2D eigenvalue weighted by Gasteiger charge is 2.04. The minimum absolute atomic E-state index is 0.172. The summed E-state index contributed by atoms with van der Waals surface area (Å²) in [4.78, 5) is 0. The first-order valence-electron chi connectivity index (χ1n) is 3.16. The lowest BCUT2D eigenvalue weighted by molar-refractivity contribution is -0.139. The van der Waals surface area contributed by atoms with Gasteiger partial charge in [0.05, 0.1) is 25.9 Å². The van der Waals surface area contributed by atoms with Crippen LogP contribution in [0.15, 0.2) is 0 Å². The van der Waals surface area contributed by atoms with E-state index < -0.39 is 0 Å². The third-order valence-corrected chi connectivity index (χ3v) is 1.16. The standard InChI is InChI=1S/C6H12O3/c1-6-4-7-2-3-8-5-9-6/h6H,2-5H2,1H3/t6-/m1/s1. The van der Waals surface area contributed by atoms with Crippen molar-refractivity contribution in [1.82, 2.24) is 0 Å².